The standard InChI is InChI=1S/C22H24N2O7S/c1-3-24(4-2)32(27,28)18-7-5-6-17(13-18)23-21(25)14-29-22(26)11-9-16-8-10-19-20(12-16)31-15-30-19/h5-13H,3-4,14-15H2,1-2H3,(H,23,25)/b11-9+. The molecule has 170 valence electrons. The Kier molecular flexibility index (Phi) is 7.49. The van der Waals surface area contributed by atoms with Crippen molar-refractivity contribution in [1.29, 1.82) is 0 Å². The molecule has 0 aromatic heterocycles. The van der Waals surface area contributed by atoms with E-state index in [9.17, 15) is 18.0 Å². The van der Waals surface area contributed by atoms with Crippen LogP contribution in [-0.4, -0.2) is 51.1 Å². The fourth-order valence-electron chi connectivity index (χ4n) is 3.01. The summed E-state index contributed by atoms with van der Waals surface area (Å²) in [5.41, 5.74) is 0.997. The third-order valence-electron chi connectivity index (χ3n) is 4.61. The maximum absolute atomic E-state index is 12.6. The highest BCUT2D eigenvalue weighted by atomic mass is 32.2. The van der Waals surface area contributed by atoms with Crippen LogP contribution in [0.3, 0.4) is 0 Å². The molecule has 1 heterocycles. The number of rotatable bonds is 9. The number of amides is 1. The normalized spacial score (nSPS) is 12.8. The number of carbonyl (C=O) groups excluding carboxylic acids is 2. The van der Waals surface area contributed by atoms with Crippen LogP contribution >= 0.6 is 0 Å². The molecule has 3 rings (SSSR count). The van der Waals surface area contributed by atoms with Crippen molar-refractivity contribution < 1.29 is 32.2 Å². The van der Waals surface area contributed by atoms with Crippen LogP contribution in [-0.2, 0) is 24.3 Å². The molecule has 0 bridgehead atoms. The van der Waals surface area contributed by atoms with Crippen molar-refractivity contribution in [3.8, 4) is 11.5 Å². The van der Waals surface area contributed by atoms with Crippen molar-refractivity contribution in [2.75, 3.05) is 31.8 Å². The third kappa shape index (κ3) is 5.65. The van der Waals surface area contributed by atoms with E-state index < -0.39 is 28.5 Å². The molecule has 0 atom stereocenters. The molecule has 0 unspecified atom stereocenters. The van der Waals surface area contributed by atoms with Gasteiger partial charge in [0, 0.05) is 24.9 Å². The lowest BCUT2D eigenvalue weighted by atomic mass is 10.2. The van der Waals surface area contributed by atoms with Gasteiger partial charge in [0.25, 0.3) is 5.91 Å². The van der Waals surface area contributed by atoms with Gasteiger partial charge in [-0.1, -0.05) is 26.0 Å². The van der Waals surface area contributed by atoms with Crippen LogP contribution < -0.4 is 14.8 Å². The molecule has 0 saturated carbocycles. The first kappa shape index (κ1) is 23.3. The fraction of sp³-hybridized carbons (Fsp3) is 0.273. The number of esters is 1. The van der Waals surface area contributed by atoms with E-state index in [2.05, 4.69) is 5.32 Å². The summed E-state index contributed by atoms with van der Waals surface area (Å²) in [5, 5.41) is 2.53. The maximum atomic E-state index is 12.6. The van der Waals surface area contributed by atoms with Crippen LogP contribution in [0, 0.1) is 0 Å². The van der Waals surface area contributed by atoms with Gasteiger partial charge in [-0.3, -0.25) is 4.79 Å². The second-order valence-corrected chi connectivity index (χ2v) is 8.66. The zero-order valence-corrected chi connectivity index (χ0v) is 18.6. The molecule has 2 aromatic rings. The van der Waals surface area contributed by atoms with Gasteiger partial charge < -0.3 is 19.5 Å². The van der Waals surface area contributed by atoms with Crippen molar-refractivity contribution in [3.63, 3.8) is 0 Å². The summed E-state index contributed by atoms with van der Waals surface area (Å²) in [5.74, 6) is -0.0663. The molecule has 32 heavy (non-hydrogen) atoms. The second kappa shape index (κ2) is 10.3. The number of sulfonamides is 1. The van der Waals surface area contributed by atoms with E-state index in [-0.39, 0.29) is 17.4 Å². The molecule has 0 aliphatic carbocycles. The van der Waals surface area contributed by atoms with Gasteiger partial charge in [0.2, 0.25) is 16.8 Å². The maximum Gasteiger partial charge on any atom is 0.331 e. The summed E-state index contributed by atoms with van der Waals surface area (Å²) in [4.78, 5) is 24.1. The highest BCUT2D eigenvalue weighted by Gasteiger charge is 2.22. The number of hydrogen-bond acceptors (Lipinski definition) is 7. The fourth-order valence-corrected chi connectivity index (χ4v) is 4.51. The predicted molar refractivity (Wildman–Crippen MR) is 118 cm³/mol. The van der Waals surface area contributed by atoms with E-state index in [4.69, 9.17) is 14.2 Å². The van der Waals surface area contributed by atoms with Gasteiger partial charge in [-0.2, -0.15) is 4.31 Å². The van der Waals surface area contributed by atoms with Crippen LogP contribution in [0.5, 0.6) is 11.5 Å². The molecule has 0 fully saturated rings. The van der Waals surface area contributed by atoms with Gasteiger partial charge in [-0.15, -0.1) is 0 Å². The Labute approximate surface area is 186 Å². The van der Waals surface area contributed by atoms with E-state index in [1.807, 2.05) is 0 Å². The SMILES string of the molecule is CCN(CC)S(=O)(=O)c1cccc(NC(=O)COC(=O)/C=C/c2ccc3c(c2)OCO3)c1. The molecule has 1 N–H and O–H groups in total. The Hall–Kier alpha value is -3.37. The molecule has 0 radical (unpaired) electrons. The Balaban J connectivity index is 1.54. The lowest BCUT2D eigenvalue weighted by molar-refractivity contribution is -0.142. The summed E-state index contributed by atoms with van der Waals surface area (Å²) in [6.07, 6.45) is 2.73. The molecule has 10 heteroatoms. The highest BCUT2D eigenvalue weighted by Crippen LogP contribution is 2.32. The molecule has 1 aliphatic rings. The van der Waals surface area contributed by atoms with Crippen LogP contribution in [0.4, 0.5) is 5.69 Å². The molecular formula is C22H24N2O7S. The summed E-state index contributed by atoms with van der Waals surface area (Å²) in [7, 11) is -3.65. The summed E-state index contributed by atoms with van der Waals surface area (Å²) in [6, 6.07) is 11.1. The van der Waals surface area contributed by atoms with Gasteiger partial charge >= 0.3 is 5.97 Å². The molecule has 2 aromatic carbocycles. The first-order valence-corrected chi connectivity index (χ1v) is 11.4. The monoisotopic (exact) mass is 460 g/mol. The van der Waals surface area contributed by atoms with Crippen LogP contribution in [0.25, 0.3) is 6.08 Å². The van der Waals surface area contributed by atoms with E-state index in [0.29, 0.717) is 30.2 Å². The quantitative estimate of drug-likeness (QED) is 0.452. The summed E-state index contributed by atoms with van der Waals surface area (Å²) < 4.78 is 42.0. The second-order valence-electron chi connectivity index (χ2n) is 6.72. The minimum absolute atomic E-state index is 0.0719. The molecule has 9 nitrogen and oxygen atoms in total. The van der Waals surface area contributed by atoms with Crippen LogP contribution in [0.2, 0.25) is 0 Å². The first-order chi connectivity index (χ1) is 15.3. The Bertz CT molecular complexity index is 1120. The first-order valence-electron chi connectivity index (χ1n) is 9.98. The molecular weight excluding hydrogens is 436 g/mol. The average Bonchev–Trinajstić information content (AvgIpc) is 3.25. The largest absolute Gasteiger partial charge is 0.454 e. The highest BCUT2D eigenvalue weighted by molar-refractivity contribution is 7.89. The predicted octanol–water partition coefficient (Wildman–Crippen LogP) is 2.64. The van der Waals surface area contributed by atoms with E-state index in [1.54, 1.807) is 38.1 Å². The van der Waals surface area contributed by atoms with Crippen LogP contribution in [0.1, 0.15) is 19.4 Å². The molecule has 0 saturated heterocycles. The minimum atomic E-state index is -3.65. The average molecular weight is 461 g/mol. The molecule has 0 spiro atoms. The topological polar surface area (TPSA) is 111 Å². The minimum Gasteiger partial charge on any atom is -0.454 e. The van der Waals surface area contributed by atoms with Gasteiger partial charge in [-0.25, -0.2) is 13.2 Å². The van der Waals surface area contributed by atoms with Gasteiger partial charge in [-0.05, 0) is 42.0 Å². The number of nitrogens with zero attached hydrogens (tertiary/aromatic N) is 1. The van der Waals surface area contributed by atoms with Gasteiger partial charge in [0.1, 0.15) is 0 Å². The summed E-state index contributed by atoms with van der Waals surface area (Å²) in [6.45, 7) is 3.82. The van der Waals surface area contributed by atoms with Crippen LogP contribution in [0.15, 0.2) is 53.4 Å². The third-order valence-corrected chi connectivity index (χ3v) is 6.66. The zero-order valence-electron chi connectivity index (χ0n) is 17.7. The van der Waals surface area contributed by atoms with E-state index in [0.717, 1.165) is 0 Å². The zero-order chi connectivity index (χ0) is 23.1. The Morgan fingerprint density at radius 1 is 1.09 bits per heavy atom. The molecule has 1 aliphatic heterocycles. The lowest BCUT2D eigenvalue weighted by Crippen LogP contribution is -2.30. The number of ether oxygens (including phenoxy) is 3. The van der Waals surface area contributed by atoms with Gasteiger partial charge in [0.15, 0.2) is 18.1 Å². The van der Waals surface area contributed by atoms with Crippen molar-refractivity contribution in [2.24, 2.45) is 0 Å². The van der Waals surface area contributed by atoms with E-state index in [1.165, 1.54) is 34.7 Å². The number of hydrogen-bond donors (Lipinski definition) is 1. The van der Waals surface area contributed by atoms with Crippen molar-refractivity contribution in [3.05, 3.63) is 54.1 Å². The van der Waals surface area contributed by atoms with Crippen molar-refractivity contribution >= 4 is 33.7 Å². The Morgan fingerprint density at radius 3 is 2.59 bits per heavy atom. The smallest absolute Gasteiger partial charge is 0.331 e. The number of carbonyl (C=O) groups is 2. The number of nitrogens with one attached hydrogen (secondary N) is 1. The number of benzene rings is 2. The van der Waals surface area contributed by atoms with Crippen molar-refractivity contribution in [1.82, 2.24) is 4.31 Å². The number of anilines is 1. The summed E-state index contributed by atoms with van der Waals surface area (Å²) >= 11 is 0. The van der Waals surface area contributed by atoms with E-state index >= 15 is 0 Å². The van der Waals surface area contributed by atoms with Crippen molar-refractivity contribution in [2.45, 2.75) is 18.7 Å². The van der Waals surface area contributed by atoms with Gasteiger partial charge in [0.05, 0.1) is 4.90 Å². The lowest BCUT2D eigenvalue weighted by Gasteiger charge is -2.18. The number of fused-ring (bicyclic) bond motifs is 1. The molecule has 1 amide bonds. The Morgan fingerprint density at radius 2 is 1.84 bits per heavy atom.